The van der Waals surface area contributed by atoms with E-state index in [4.69, 9.17) is 4.89 Å². The van der Waals surface area contributed by atoms with Crippen molar-refractivity contribution in [3.63, 3.8) is 0 Å². The predicted octanol–water partition coefficient (Wildman–Crippen LogP) is -0.829. The molecule has 0 aliphatic rings. The lowest BCUT2D eigenvalue weighted by Gasteiger charge is -2.17. The second-order valence-electron chi connectivity index (χ2n) is 2.45. The van der Waals surface area contributed by atoms with Crippen molar-refractivity contribution in [3.05, 3.63) is 0 Å². The Bertz CT molecular complexity index is 398. The summed E-state index contributed by atoms with van der Waals surface area (Å²) in [6, 6.07) is 0. The van der Waals surface area contributed by atoms with Crippen LogP contribution >= 0.6 is 6.57 Å². The van der Waals surface area contributed by atoms with E-state index in [-0.39, 0.29) is 0 Å². The van der Waals surface area contributed by atoms with E-state index >= 15 is 0 Å². The summed E-state index contributed by atoms with van der Waals surface area (Å²) in [7, 11) is 0.830. The van der Waals surface area contributed by atoms with Crippen molar-refractivity contribution in [2.75, 3.05) is 7.11 Å². The van der Waals surface area contributed by atoms with Crippen LogP contribution in [0.5, 0.6) is 0 Å². The molecule has 0 spiro atoms. The molecule has 0 saturated carbocycles. The molecule has 0 aliphatic heterocycles. The molecule has 98 valence electrons. The molecule has 0 radical (unpaired) electrons. The van der Waals surface area contributed by atoms with Gasteiger partial charge in [0.05, 0.1) is 7.11 Å². The van der Waals surface area contributed by atoms with Gasteiger partial charge >= 0.3 is 24.0 Å². The van der Waals surface area contributed by atoms with E-state index in [2.05, 4.69) is 16.5 Å². The van der Waals surface area contributed by atoms with Crippen LogP contribution < -0.4 is 10.2 Å². The van der Waals surface area contributed by atoms with Crippen molar-refractivity contribution < 1.29 is 37.2 Å². The van der Waals surface area contributed by atoms with Crippen LogP contribution in [0.1, 0.15) is 0 Å². The van der Waals surface area contributed by atoms with Gasteiger partial charge in [-0.2, -0.15) is 13.2 Å². The molecule has 12 heteroatoms. The number of halogens is 3. The molecule has 17 heavy (non-hydrogen) atoms. The Kier molecular flexibility index (Phi) is 5.05. The first kappa shape index (κ1) is 15.8. The van der Waals surface area contributed by atoms with Gasteiger partial charge in [0.15, 0.2) is 0 Å². The van der Waals surface area contributed by atoms with Crippen LogP contribution in [-0.2, 0) is 30.9 Å². The maximum atomic E-state index is 11.8. The lowest BCUT2D eigenvalue weighted by Crippen LogP contribution is -2.40. The zero-order chi connectivity index (χ0) is 13.9. The zero-order valence-electron chi connectivity index (χ0n) is 8.07. The molecule has 1 atom stereocenters. The van der Waals surface area contributed by atoms with Gasteiger partial charge < -0.3 is 9.63 Å². The van der Waals surface area contributed by atoms with Crippen LogP contribution in [0, 0.1) is 0 Å². The van der Waals surface area contributed by atoms with E-state index < -0.39 is 30.5 Å². The third kappa shape index (κ3) is 5.61. The summed E-state index contributed by atoms with van der Waals surface area (Å²) >= 11 is 4.13. The smallest absolute Gasteiger partial charge is 0.462 e. The Balaban J connectivity index is 4.62. The molecule has 0 heterocycles. The number of amides is 2. The summed E-state index contributed by atoms with van der Waals surface area (Å²) < 4.78 is 39.3. The van der Waals surface area contributed by atoms with Crippen molar-refractivity contribution in [3.8, 4) is 0 Å². The molecular formula is C5H6F3N2O5PS. The molecule has 0 aromatic rings. The monoisotopic (exact) mass is 294 g/mol. The Morgan fingerprint density at radius 3 is 2.12 bits per heavy atom. The lowest BCUT2D eigenvalue weighted by molar-refractivity contribution is -0.171. The molecule has 2 amide bonds. The maximum Gasteiger partial charge on any atom is 0.471 e. The van der Waals surface area contributed by atoms with E-state index in [0.717, 1.165) is 12.2 Å². The van der Waals surface area contributed by atoms with Gasteiger partial charge in [-0.05, 0) is 11.8 Å². The van der Waals surface area contributed by atoms with Crippen molar-refractivity contribution in [2.45, 2.75) is 6.18 Å². The highest BCUT2D eigenvalue weighted by Gasteiger charge is 2.41. The van der Waals surface area contributed by atoms with Crippen molar-refractivity contribution in [2.24, 2.45) is 0 Å². The van der Waals surface area contributed by atoms with Crippen LogP contribution in [0.4, 0.5) is 13.2 Å². The minimum atomic E-state index is -5.28. The fraction of sp³-hybridized carbons (Fsp3) is 0.400. The van der Waals surface area contributed by atoms with E-state index in [1.54, 1.807) is 0 Å². The molecule has 0 aromatic carbocycles. The van der Waals surface area contributed by atoms with E-state index in [1.165, 1.54) is 5.09 Å². The quantitative estimate of drug-likeness (QED) is 0.349. The second kappa shape index (κ2) is 5.43. The maximum absolute atomic E-state index is 11.8. The third-order valence-electron chi connectivity index (χ3n) is 1.13. The molecule has 0 saturated heterocycles. The van der Waals surface area contributed by atoms with E-state index in [1.807, 2.05) is 0 Å². The van der Waals surface area contributed by atoms with Crippen LogP contribution in [0.2, 0.25) is 0 Å². The highest BCUT2D eigenvalue weighted by Crippen LogP contribution is 2.32. The first-order valence-corrected chi connectivity index (χ1v) is 6.38. The summed E-state index contributed by atoms with van der Waals surface area (Å²) in [4.78, 5) is 40.9. The molecule has 0 aliphatic carbocycles. The van der Waals surface area contributed by atoms with Crippen molar-refractivity contribution in [1.29, 1.82) is 0 Å². The highest BCUT2D eigenvalue weighted by molar-refractivity contribution is 8.10. The minimum Gasteiger partial charge on any atom is -0.462 e. The van der Waals surface area contributed by atoms with Gasteiger partial charge in [-0.25, -0.2) is 4.79 Å². The first-order valence-electron chi connectivity index (χ1n) is 3.62. The zero-order valence-corrected chi connectivity index (χ0v) is 9.78. The highest BCUT2D eigenvalue weighted by atomic mass is 32.4. The van der Waals surface area contributed by atoms with Gasteiger partial charge in [0.2, 0.25) is 0 Å². The number of carbonyl (C=O) groups is 3. The van der Waals surface area contributed by atoms with Gasteiger partial charge in [-0.15, -0.1) is 0 Å². The summed E-state index contributed by atoms with van der Waals surface area (Å²) in [5.74, 6) is -5.58. The Morgan fingerprint density at radius 2 is 1.76 bits per heavy atom. The summed E-state index contributed by atoms with van der Waals surface area (Å²) in [6.45, 7) is -4.35. The van der Waals surface area contributed by atoms with Gasteiger partial charge in [-0.1, -0.05) is 0 Å². The number of rotatable bonds is 2. The minimum absolute atomic E-state index is 0.830. The van der Waals surface area contributed by atoms with Crippen LogP contribution in [-0.4, -0.2) is 36.0 Å². The van der Waals surface area contributed by atoms with Crippen LogP contribution in [0.3, 0.4) is 0 Å². The fourth-order valence-corrected chi connectivity index (χ4v) is 1.83. The number of esters is 1. The number of nitrogens with one attached hydrogen (secondary N) is 2. The number of ether oxygens (including phenoxy) is 1. The third-order valence-corrected chi connectivity index (χ3v) is 2.69. The average molecular weight is 294 g/mol. The number of hydrogen-bond acceptors (Lipinski definition) is 5. The molecular weight excluding hydrogens is 288 g/mol. The molecule has 1 unspecified atom stereocenters. The number of alkyl halides is 3. The predicted molar refractivity (Wildman–Crippen MR) is 50.9 cm³/mol. The molecule has 3 N–H and O–H groups in total. The summed E-state index contributed by atoms with van der Waals surface area (Å²) in [5, 5.41) is 2.33. The number of carbonyl (C=O) groups excluding carboxylic acids is 3. The van der Waals surface area contributed by atoms with Crippen molar-refractivity contribution in [1.82, 2.24) is 10.2 Å². The normalized spacial score (nSPS) is 14.4. The topological polar surface area (TPSA) is 105 Å². The fourth-order valence-electron chi connectivity index (χ4n) is 0.505. The number of hydrogen-bond donors (Lipinski definition) is 3. The molecule has 0 bridgehead atoms. The van der Waals surface area contributed by atoms with E-state index in [0.29, 0.717) is 0 Å². The largest absolute Gasteiger partial charge is 0.471 e. The SMILES string of the molecule is COC(=O)C(=O)NP(O)(=S)NC(=O)C(F)(F)F. The van der Waals surface area contributed by atoms with Gasteiger partial charge in [-0.3, -0.25) is 19.8 Å². The van der Waals surface area contributed by atoms with Crippen LogP contribution in [0.25, 0.3) is 0 Å². The summed E-state index contributed by atoms with van der Waals surface area (Å²) in [5.41, 5.74) is 0. The lowest BCUT2D eigenvalue weighted by atomic mass is 10.6. The summed E-state index contributed by atoms with van der Waals surface area (Å²) in [6.07, 6.45) is -5.28. The molecule has 0 aromatic heterocycles. The van der Waals surface area contributed by atoms with Crippen molar-refractivity contribution >= 4 is 36.2 Å². The van der Waals surface area contributed by atoms with Crippen LogP contribution in [0.15, 0.2) is 0 Å². The second-order valence-corrected chi connectivity index (χ2v) is 5.63. The number of methoxy groups -OCH3 is 1. The van der Waals surface area contributed by atoms with Gasteiger partial charge in [0.1, 0.15) is 0 Å². The first-order chi connectivity index (χ1) is 7.49. The van der Waals surface area contributed by atoms with E-state index in [9.17, 15) is 27.6 Å². The Labute approximate surface area is 97.5 Å². The average Bonchev–Trinajstić information content (AvgIpc) is 2.13. The standard InChI is InChI=1S/C5H6F3N2O5PS/c1-15-3(12)2(11)9-16(14,17)10-4(13)5(6,7)8/h1H3,(H3,9,10,11,13,14,17). The Morgan fingerprint density at radius 1 is 1.29 bits per heavy atom. The van der Waals surface area contributed by atoms with Gasteiger partial charge in [0.25, 0.3) is 6.57 Å². The van der Waals surface area contributed by atoms with Gasteiger partial charge in [0, 0.05) is 0 Å². The molecule has 0 fully saturated rings. The Hall–Kier alpha value is -1.19. The molecule has 0 rings (SSSR count). The molecule has 7 nitrogen and oxygen atoms in total.